The maximum absolute atomic E-state index is 13.2. The molecule has 0 aliphatic heterocycles. The number of hydrogen-bond acceptors (Lipinski definition) is 3. The van der Waals surface area contributed by atoms with Gasteiger partial charge in [-0.3, -0.25) is 0 Å². The summed E-state index contributed by atoms with van der Waals surface area (Å²) in [6.45, 7) is 0.726. The van der Waals surface area contributed by atoms with Gasteiger partial charge in [-0.05, 0) is 42.9 Å². The Morgan fingerprint density at radius 3 is 2.70 bits per heavy atom. The van der Waals surface area contributed by atoms with Crippen molar-refractivity contribution in [3.63, 3.8) is 0 Å². The predicted molar refractivity (Wildman–Crippen MR) is 72.1 cm³/mol. The van der Waals surface area contributed by atoms with Gasteiger partial charge in [0.05, 0.1) is 0 Å². The molecule has 0 radical (unpaired) electrons. The van der Waals surface area contributed by atoms with E-state index in [1.165, 1.54) is 6.07 Å². The van der Waals surface area contributed by atoms with E-state index in [4.69, 9.17) is 4.42 Å². The van der Waals surface area contributed by atoms with Crippen LogP contribution in [0.15, 0.2) is 40.8 Å². The summed E-state index contributed by atoms with van der Waals surface area (Å²) in [6.07, 6.45) is 0. The van der Waals surface area contributed by atoms with Gasteiger partial charge >= 0.3 is 0 Å². The molecule has 0 bridgehead atoms. The fourth-order valence-electron chi connectivity index (χ4n) is 2.04. The average molecular weight is 274 g/mol. The highest BCUT2D eigenvalue weighted by atomic mass is 19.2. The first-order valence-electron chi connectivity index (χ1n) is 6.17. The van der Waals surface area contributed by atoms with Crippen molar-refractivity contribution in [1.29, 1.82) is 0 Å². The Kier molecular flexibility index (Phi) is 3.20. The maximum Gasteiger partial charge on any atom is 0.227 e. The minimum atomic E-state index is -0.916. The molecule has 102 valence electrons. The summed E-state index contributed by atoms with van der Waals surface area (Å²) in [7, 11) is 1.86. The second-order valence-electron chi connectivity index (χ2n) is 4.48. The summed E-state index contributed by atoms with van der Waals surface area (Å²) in [6, 6.07) is 9.23. The van der Waals surface area contributed by atoms with Crippen molar-refractivity contribution in [2.45, 2.75) is 6.54 Å². The van der Waals surface area contributed by atoms with Crippen molar-refractivity contribution < 1.29 is 13.2 Å². The van der Waals surface area contributed by atoms with Gasteiger partial charge < -0.3 is 9.73 Å². The van der Waals surface area contributed by atoms with E-state index in [1.807, 2.05) is 25.2 Å². The Hall–Kier alpha value is -2.27. The second-order valence-corrected chi connectivity index (χ2v) is 4.48. The summed E-state index contributed by atoms with van der Waals surface area (Å²) in [5, 5.41) is 3.05. The number of rotatable bonds is 3. The molecular weight excluding hydrogens is 262 g/mol. The standard InChI is InChI=1S/C15H12F2N2O/c1-18-8-9-2-5-14-13(6-9)19-15(20-14)10-3-4-11(16)12(17)7-10/h2-7,18H,8H2,1H3. The lowest BCUT2D eigenvalue weighted by Gasteiger charge is -1.97. The zero-order chi connectivity index (χ0) is 14.1. The first-order chi connectivity index (χ1) is 9.67. The molecule has 2 aromatic carbocycles. The lowest BCUT2D eigenvalue weighted by Crippen LogP contribution is -2.04. The van der Waals surface area contributed by atoms with E-state index in [0.717, 1.165) is 24.2 Å². The van der Waals surface area contributed by atoms with Gasteiger partial charge in [0.2, 0.25) is 5.89 Å². The van der Waals surface area contributed by atoms with Crippen molar-refractivity contribution in [2.75, 3.05) is 7.05 Å². The zero-order valence-electron chi connectivity index (χ0n) is 10.8. The number of fused-ring (bicyclic) bond motifs is 1. The van der Waals surface area contributed by atoms with Gasteiger partial charge in [-0.25, -0.2) is 13.8 Å². The van der Waals surface area contributed by atoms with E-state index in [1.54, 1.807) is 0 Å². The topological polar surface area (TPSA) is 38.1 Å². The third-order valence-corrected chi connectivity index (χ3v) is 3.00. The molecule has 5 heteroatoms. The Balaban J connectivity index is 2.05. The quantitative estimate of drug-likeness (QED) is 0.794. The highest BCUT2D eigenvalue weighted by molar-refractivity contribution is 5.76. The Morgan fingerprint density at radius 1 is 1.10 bits per heavy atom. The molecule has 3 nitrogen and oxygen atoms in total. The van der Waals surface area contributed by atoms with Gasteiger partial charge in [-0.2, -0.15) is 0 Å². The third kappa shape index (κ3) is 2.28. The minimum absolute atomic E-state index is 0.278. The van der Waals surface area contributed by atoms with Crippen LogP contribution < -0.4 is 5.32 Å². The third-order valence-electron chi connectivity index (χ3n) is 3.00. The van der Waals surface area contributed by atoms with Crippen LogP contribution in [0.4, 0.5) is 8.78 Å². The number of nitrogens with one attached hydrogen (secondary N) is 1. The number of halogens is 2. The van der Waals surface area contributed by atoms with Crippen molar-refractivity contribution in [3.05, 3.63) is 53.6 Å². The average Bonchev–Trinajstić information content (AvgIpc) is 2.85. The molecule has 0 unspecified atom stereocenters. The molecule has 1 heterocycles. The molecule has 3 rings (SSSR count). The van der Waals surface area contributed by atoms with E-state index in [2.05, 4.69) is 10.3 Å². The highest BCUT2D eigenvalue weighted by Gasteiger charge is 2.11. The van der Waals surface area contributed by atoms with Gasteiger partial charge in [-0.15, -0.1) is 0 Å². The van der Waals surface area contributed by atoms with E-state index >= 15 is 0 Å². The molecule has 0 aliphatic rings. The number of nitrogens with zero attached hydrogens (tertiary/aromatic N) is 1. The van der Waals surface area contributed by atoms with Crippen molar-refractivity contribution in [3.8, 4) is 11.5 Å². The van der Waals surface area contributed by atoms with Crippen LogP contribution in [0, 0.1) is 11.6 Å². The molecular formula is C15H12F2N2O. The second kappa shape index (κ2) is 5.02. The van der Waals surface area contributed by atoms with Crippen LogP contribution in [0.1, 0.15) is 5.56 Å². The van der Waals surface area contributed by atoms with Crippen LogP contribution >= 0.6 is 0 Å². The summed E-state index contributed by atoms with van der Waals surface area (Å²) in [5.41, 5.74) is 2.79. The predicted octanol–water partition coefficient (Wildman–Crippen LogP) is 3.49. The lowest BCUT2D eigenvalue weighted by molar-refractivity contribution is 0.508. The fraction of sp³-hybridized carbons (Fsp3) is 0.133. The Morgan fingerprint density at radius 2 is 1.95 bits per heavy atom. The fourth-order valence-corrected chi connectivity index (χ4v) is 2.04. The van der Waals surface area contributed by atoms with Gasteiger partial charge in [0.15, 0.2) is 17.2 Å². The molecule has 1 N–H and O–H groups in total. The van der Waals surface area contributed by atoms with Crippen molar-refractivity contribution in [2.24, 2.45) is 0 Å². The summed E-state index contributed by atoms with van der Waals surface area (Å²) in [4.78, 5) is 4.31. The molecule has 1 aromatic heterocycles. The van der Waals surface area contributed by atoms with E-state index in [-0.39, 0.29) is 5.89 Å². The molecule has 0 spiro atoms. The van der Waals surface area contributed by atoms with E-state index in [9.17, 15) is 8.78 Å². The highest BCUT2D eigenvalue weighted by Crippen LogP contribution is 2.26. The van der Waals surface area contributed by atoms with Crippen LogP contribution in [-0.4, -0.2) is 12.0 Å². The van der Waals surface area contributed by atoms with Crippen LogP contribution in [0.3, 0.4) is 0 Å². The van der Waals surface area contributed by atoms with Gasteiger partial charge in [0.1, 0.15) is 5.52 Å². The summed E-state index contributed by atoms with van der Waals surface area (Å²) < 4.78 is 31.7. The van der Waals surface area contributed by atoms with Gasteiger partial charge in [0, 0.05) is 12.1 Å². The zero-order valence-corrected chi connectivity index (χ0v) is 10.8. The number of benzene rings is 2. The van der Waals surface area contributed by atoms with Crippen molar-refractivity contribution in [1.82, 2.24) is 10.3 Å². The Bertz CT molecular complexity index is 768. The normalized spacial score (nSPS) is 11.2. The molecule has 0 atom stereocenters. The number of hydrogen-bond donors (Lipinski definition) is 1. The smallest absolute Gasteiger partial charge is 0.227 e. The number of oxazole rings is 1. The van der Waals surface area contributed by atoms with E-state index < -0.39 is 11.6 Å². The monoisotopic (exact) mass is 274 g/mol. The Labute approximate surface area is 114 Å². The molecule has 0 aliphatic carbocycles. The van der Waals surface area contributed by atoms with Crippen molar-refractivity contribution >= 4 is 11.1 Å². The lowest BCUT2D eigenvalue weighted by atomic mass is 10.2. The van der Waals surface area contributed by atoms with Gasteiger partial charge in [-0.1, -0.05) is 6.07 Å². The van der Waals surface area contributed by atoms with Crippen LogP contribution in [0.2, 0.25) is 0 Å². The first-order valence-corrected chi connectivity index (χ1v) is 6.17. The van der Waals surface area contributed by atoms with Gasteiger partial charge in [0.25, 0.3) is 0 Å². The largest absolute Gasteiger partial charge is 0.436 e. The van der Waals surface area contributed by atoms with Crippen LogP contribution in [0.25, 0.3) is 22.6 Å². The maximum atomic E-state index is 13.2. The van der Waals surface area contributed by atoms with E-state index in [0.29, 0.717) is 16.7 Å². The molecule has 0 fully saturated rings. The molecule has 0 saturated heterocycles. The summed E-state index contributed by atoms with van der Waals surface area (Å²) >= 11 is 0. The SMILES string of the molecule is CNCc1ccc2oc(-c3ccc(F)c(F)c3)nc2c1. The van der Waals surface area contributed by atoms with Crippen LogP contribution in [-0.2, 0) is 6.54 Å². The first kappa shape index (κ1) is 12.7. The minimum Gasteiger partial charge on any atom is -0.436 e. The molecule has 3 aromatic rings. The molecule has 20 heavy (non-hydrogen) atoms. The number of aromatic nitrogens is 1. The summed E-state index contributed by atoms with van der Waals surface area (Å²) in [5.74, 6) is -1.53. The molecule has 0 amide bonds. The molecule has 0 saturated carbocycles. The van der Waals surface area contributed by atoms with Crippen LogP contribution in [0.5, 0.6) is 0 Å².